The third kappa shape index (κ3) is 5.69. The number of rotatable bonds is 7. The van der Waals surface area contributed by atoms with Gasteiger partial charge in [-0.2, -0.15) is 0 Å². The summed E-state index contributed by atoms with van der Waals surface area (Å²) in [4.78, 5) is 24.7. The Labute approximate surface area is 125 Å². The van der Waals surface area contributed by atoms with Crippen LogP contribution in [0.25, 0.3) is 6.08 Å². The molecule has 0 fully saturated rings. The van der Waals surface area contributed by atoms with E-state index in [9.17, 15) is 9.59 Å². The van der Waals surface area contributed by atoms with E-state index in [0.29, 0.717) is 12.8 Å². The number of carboxylic acid groups (broad SMARTS) is 1. The zero-order valence-electron chi connectivity index (χ0n) is 12.7. The first-order chi connectivity index (χ1) is 9.93. The van der Waals surface area contributed by atoms with Gasteiger partial charge < -0.3 is 15.3 Å². The van der Waals surface area contributed by atoms with Crippen molar-refractivity contribution in [3.05, 3.63) is 35.9 Å². The highest BCUT2D eigenvalue weighted by atomic mass is 16.4. The second kappa shape index (κ2) is 8.09. The summed E-state index contributed by atoms with van der Waals surface area (Å²) in [5.41, 5.74) is 1.96. The molecule has 5 nitrogen and oxygen atoms in total. The van der Waals surface area contributed by atoms with Crippen molar-refractivity contribution in [2.75, 3.05) is 19.0 Å². The number of carbonyl (C=O) groups excluding carboxylic acids is 1. The fourth-order valence-corrected chi connectivity index (χ4v) is 1.82. The van der Waals surface area contributed by atoms with Crippen LogP contribution in [0, 0.1) is 0 Å². The summed E-state index contributed by atoms with van der Waals surface area (Å²) in [6.07, 6.45) is 4.15. The molecule has 0 spiro atoms. The van der Waals surface area contributed by atoms with Crippen LogP contribution in [0.1, 0.15) is 25.3 Å². The van der Waals surface area contributed by atoms with Gasteiger partial charge in [0.25, 0.3) is 0 Å². The molecule has 0 radical (unpaired) electrons. The van der Waals surface area contributed by atoms with Crippen LogP contribution in [-0.2, 0) is 9.59 Å². The predicted molar refractivity (Wildman–Crippen MR) is 84.3 cm³/mol. The molecule has 114 valence electrons. The van der Waals surface area contributed by atoms with Gasteiger partial charge in [0.05, 0.1) is 0 Å². The predicted octanol–water partition coefficient (Wildman–Crippen LogP) is 2.14. The molecule has 1 atom stereocenters. The summed E-state index contributed by atoms with van der Waals surface area (Å²) >= 11 is 0. The Morgan fingerprint density at radius 2 is 1.90 bits per heavy atom. The number of aliphatic carboxylic acids is 1. The van der Waals surface area contributed by atoms with Gasteiger partial charge in [0, 0.05) is 25.9 Å². The quantitative estimate of drug-likeness (QED) is 0.755. The van der Waals surface area contributed by atoms with E-state index < -0.39 is 17.9 Å². The monoisotopic (exact) mass is 290 g/mol. The van der Waals surface area contributed by atoms with Gasteiger partial charge in [-0.25, -0.2) is 4.79 Å². The van der Waals surface area contributed by atoms with E-state index in [-0.39, 0.29) is 0 Å². The van der Waals surface area contributed by atoms with Crippen LogP contribution < -0.4 is 10.2 Å². The van der Waals surface area contributed by atoms with Crippen LogP contribution in [0.4, 0.5) is 5.69 Å². The first kappa shape index (κ1) is 16.8. The van der Waals surface area contributed by atoms with Gasteiger partial charge in [0.15, 0.2) is 0 Å². The highest BCUT2D eigenvalue weighted by molar-refractivity contribution is 5.94. The highest BCUT2D eigenvalue weighted by Gasteiger charge is 2.17. The van der Waals surface area contributed by atoms with Crippen molar-refractivity contribution in [2.24, 2.45) is 0 Å². The molecule has 0 saturated carbocycles. The maximum absolute atomic E-state index is 11.7. The van der Waals surface area contributed by atoms with E-state index >= 15 is 0 Å². The lowest BCUT2D eigenvalue weighted by Crippen LogP contribution is -2.39. The number of benzene rings is 1. The number of nitrogens with one attached hydrogen (secondary N) is 1. The molecule has 1 aromatic rings. The molecular weight excluding hydrogens is 268 g/mol. The van der Waals surface area contributed by atoms with E-state index in [2.05, 4.69) is 5.32 Å². The largest absolute Gasteiger partial charge is 0.480 e. The topological polar surface area (TPSA) is 69.6 Å². The van der Waals surface area contributed by atoms with Gasteiger partial charge >= 0.3 is 5.97 Å². The fourth-order valence-electron chi connectivity index (χ4n) is 1.82. The second-order valence-electron chi connectivity index (χ2n) is 5.01. The molecule has 0 bridgehead atoms. The molecule has 0 aliphatic carbocycles. The summed E-state index contributed by atoms with van der Waals surface area (Å²) in [5, 5.41) is 11.5. The number of carboxylic acids is 1. The van der Waals surface area contributed by atoms with Gasteiger partial charge in [-0.05, 0) is 30.2 Å². The van der Waals surface area contributed by atoms with Crippen LogP contribution in [0.5, 0.6) is 0 Å². The fraction of sp³-hybridized carbons (Fsp3) is 0.375. The van der Waals surface area contributed by atoms with Crippen LogP contribution >= 0.6 is 0 Å². The van der Waals surface area contributed by atoms with Crippen molar-refractivity contribution in [3.63, 3.8) is 0 Å². The number of hydrogen-bond acceptors (Lipinski definition) is 3. The molecule has 0 aliphatic heterocycles. The maximum Gasteiger partial charge on any atom is 0.326 e. The zero-order valence-corrected chi connectivity index (χ0v) is 12.7. The van der Waals surface area contributed by atoms with Crippen LogP contribution in [0.15, 0.2) is 30.3 Å². The van der Waals surface area contributed by atoms with Crippen LogP contribution in [0.3, 0.4) is 0 Å². The second-order valence-corrected chi connectivity index (χ2v) is 5.01. The molecule has 0 heterocycles. The van der Waals surface area contributed by atoms with Crippen molar-refractivity contribution in [1.82, 2.24) is 5.32 Å². The number of anilines is 1. The van der Waals surface area contributed by atoms with Gasteiger partial charge in [-0.3, -0.25) is 4.79 Å². The zero-order chi connectivity index (χ0) is 15.8. The minimum absolute atomic E-state index is 0.396. The molecule has 1 rings (SSSR count). The van der Waals surface area contributed by atoms with E-state index in [0.717, 1.165) is 11.3 Å². The third-order valence-electron chi connectivity index (χ3n) is 3.03. The molecule has 0 saturated heterocycles. The Morgan fingerprint density at radius 1 is 1.29 bits per heavy atom. The van der Waals surface area contributed by atoms with Gasteiger partial charge in [-0.1, -0.05) is 25.5 Å². The van der Waals surface area contributed by atoms with E-state index in [1.54, 1.807) is 6.08 Å². The molecule has 0 aliphatic rings. The summed E-state index contributed by atoms with van der Waals surface area (Å²) in [5.74, 6) is -1.40. The standard InChI is InChI=1S/C16H22N2O3/c1-4-5-14(16(20)21)17-15(19)11-8-12-6-9-13(10-7-12)18(2)3/h6-11,14H,4-5H2,1-3H3,(H,17,19)(H,20,21)/b11-8+. The number of nitrogens with zero attached hydrogens (tertiary/aromatic N) is 1. The Kier molecular flexibility index (Phi) is 6.46. The molecule has 1 aromatic carbocycles. The lowest BCUT2D eigenvalue weighted by atomic mass is 10.1. The third-order valence-corrected chi connectivity index (χ3v) is 3.03. The van der Waals surface area contributed by atoms with Crippen molar-refractivity contribution < 1.29 is 14.7 Å². The first-order valence-electron chi connectivity index (χ1n) is 6.92. The SMILES string of the molecule is CCCC(NC(=O)/C=C/c1ccc(N(C)C)cc1)C(=O)O. The van der Waals surface area contributed by atoms with Crippen LogP contribution in [-0.4, -0.2) is 37.1 Å². The normalized spacial score (nSPS) is 12.1. The molecule has 1 unspecified atom stereocenters. The van der Waals surface area contributed by atoms with Gasteiger partial charge in [-0.15, -0.1) is 0 Å². The highest BCUT2D eigenvalue weighted by Crippen LogP contribution is 2.13. The lowest BCUT2D eigenvalue weighted by Gasteiger charge is -2.12. The molecule has 2 N–H and O–H groups in total. The van der Waals surface area contributed by atoms with E-state index in [1.165, 1.54) is 6.08 Å². The summed E-state index contributed by atoms with van der Waals surface area (Å²) < 4.78 is 0. The summed E-state index contributed by atoms with van der Waals surface area (Å²) in [7, 11) is 3.91. The minimum Gasteiger partial charge on any atom is -0.480 e. The van der Waals surface area contributed by atoms with E-state index in [1.807, 2.05) is 50.2 Å². The lowest BCUT2D eigenvalue weighted by molar-refractivity contribution is -0.141. The number of carbonyl (C=O) groups is 2. The molecule has 5 heteroatoms. The molecule has 1 amide bonds. The van der Waals surface area contributed by atoms with Crippen molar-refractivity contribution >= 4 is 23.6 Å². The molecule has 0 aromatic heterocycles. The number of hydrogen-bond donors (Lipinski definition) is 2. The summed E-state index contributed by atoms with van der Waals surface area (Å²) in [6, 6.07) is 6.88. The minimum atomic E-state index is -1.01. The maximum atomic E-state index is 11.7. The Bertz CT molecular complexity index is 507. The Morgan fingerprint density at radius 3 is 2.38 bits per heavy atom. The van der Waals surface area contributed by atoms with Crippen molar-refractivity contribution in [2.45, 2.75) is 25.8 Å². The summed E-state index contributed by atoms with van der Waals surface area (Å²) in [6.45, 7) is 1.88. The molecule has 21 heavy (non-hydrogen) atoms. The Hall–Kier alpha value is -2.30. The van der Waals surface area contributed by atoms with Gasteiger partial charge in [0.1, 0.15) is 6.04 Å². The van der Waals surface area contributed by atoms with Crippen molar-refractivity contribution in [3.8, 4) is 0 Å². The Balaban J connectivity index is 2.62. The molecular formula is C16H22N2O3. The van der Waals surface area contributed by atoms with Crippen molar-refractivity contribution in [1.29, 1.82) is 0 Å². The van der Waals surface area contributed by atoms with E-state index in [4.69, 9.17) is 5.11 Å². The van der Waals surface area contributed by atoms with Gasteiger partial charge in [0.2, 0.25) is 5.91 Å². The number of amides is 1. The average molecular weight is 290 g/mol. The first-order valence-corrected chi connectivity index (χ1v) is 6.92. The van der Waals surface area contributed by atoms with Crippen LogP contribution in [0.2, 0.25) is 0 Å². The average Bonchev–Trinajstić information content (AvgIpc) is 2.45. The smallest absolute Gasteiger partial charge is 0.326 e.